The molecule has 0 saturated heterocycles. The second kappa shape index (κ2) is 3.10. The van der Waals surface area contributed by atoms with E-state index in [0.29, 0.717) is 6.20 Å². The molecule has 0 aromatic heterocycles. The van der Waals surface area contributed by atoms with Gasteiger partial charge in [-0.15, -0.1) is 0 Å². The predicted molar refractivity (Wildman–Crippen MR) is 21.1 cm³/mol. The van der Waals surface area contributed by atoms with Gasteiger partial charge < -0.3 is 0 Å². The number of rotatable bonds is 2. The minimum atomic E-state index is -0.691. The lowest BCUT2D eigenvalue weighted by molar-refractivity contribution is -0.403. The van der Waals surface area contributed by atoms with Gasteiger partial charge in [0.05, 0.1) is 11.1 Å². The molecule has 0 rings (SSSR count). The number of hydrogen-bond donors (Lipinski definition) is 2. The van der Waals surface area contributed by atoms with Gasteiger partial charge in [-0.25, -0.2) is 0 Å². The molecule has 7 heavy (non-hydrogen) atoms. The van der Waals surface area contributed by atoms with Gasteiger partial charge in [0.25, 0.3) is 6.20 Å². The fourth-order valence-corrected chi connectivity index (χ4v) is 0.0942. The molecule has 0 atom stereocenters. The van der Waals surface area contributed by atoms with Crippen molar-refractivity contribution < 1.29 is 10.1 Å². The van der Waals surface area contributed by atoms with Gasteiger partial charge in [0.2, 0.25) is 0 Å². The number of hydrogen-bond acceptors (Lipinski definition) is 4. The van der Waals surface area contributed by atoms with Crippen LogP contribution in [0.4, 0.5) is 0 Å². The number of hydroxylamine groups is 1. The third kappa shape index (κ3) is 4.90. The van der Waals surface area contributed by atoms with Crippen LogP contribution in [0.25, 0.3) is 0 Å². The zero-order chi connectivity index (χ0) is 5.70. The second-order valence-corrected chi connectivity index (χ2v) is 0.730. The lowest BCUT2D eigenvalue weighted by atomic mass is 10.9. The smallest absolute Gasteiger partial charge is 0.252 e. The molecule has 5 heteroatoms. The van der Waals surface area contributed by atoms with Crippen molar-refractivity contribution in [2.45, 2.75) is 0 Å². The monoisotopic (exact) mass is 104 g/mol. The van der Waals surface area contributed by atoms with Crippen molar-refractivity contribution in [1.29, 1.82) is 0 Å². The summed E-state index contributed by atoms with van der Waals surface area (Å²) in [7, 11) is 0. The molecular formula is C2H4N2O3. The molecule has 0 radical (unpaired) electrons. The van der Waals surface area contributed by atoms with Crippen molar-refractivity contribution in [1.82, 2.24) is 5.48 Å². The molecular weight excluding hydrogens is 100 g/mol. The molecule has 0 aliphatic rings. The van der Waals surface area contributed by atoms with Crippen LogP contribution in [0.5, 0.6) is 0 Å². The van der Waals surface area contributed by atoms with Crippen molar-refractivity contribution in [3.63, 3.8) is 0 Å². The minimum Gasteiger partial charge on any atom is -0.291 e. The summed E-state index contributed by atoms with van der Waals surface area (Å²) in [5.41, 5.74) is 1.48. The first-order valence-corrected chi connectivity index (χ1v) is 1.47. The van der Waals surface area contributed by atoms with Crippen molar-refractivity contribution in [2.75, 3.05) is 0 Å². The van der Waals surface area contributed by atoms with E-state index in [9.17, 15) is 10.1 Å². The Kier molecular flexibility index (Phi) is 2.62. The van der Waals surface area contributed by atoms with Crippen LogP contribution in [0.1, 0.15) is 0 Å². The van der Waals surface area contributed by atoms with E-state index in [4.69, 9.17) is 5.21 Å². The van der Waals surface area contributed by atoms with E-state index >= 15 is 0 Å². The Morgan fingerprint density at radius 1 is 1.86 bits per heavy atom. The van der Waals surface area contributed by atoms with E-state index in [1.807, 2.05) is 0 Å². The summed E-state index contributed by atoms with van der Waals surface area (Å²) < 4.78 is 0. The molecule has 0 fully saturated rings. The molecule has 0 aromatic carbocycles. The van der Waals surface area contributed by atoms with E-state index in [-0.39, 0.29) is 0 Å². The van der Waals surface area contributed by atoms with Crippen LogP contribution in [0, 0.1) is 10.1 Å². The first kappa shape index (κ1) is 5.90. The lowest BCUT2D eigenvalue weighted by Crippen LogP contribution is -1.95. The molecule has 0 aliphatic carbocycles. The molecule has 0 aliphatic heterocycles. The zero-order valence-corrected chi connectivity index (χ0v) is 3.37. The third-order valence-corrected chi connectivity index (χ3v) is 0.271. The molecule has 0 heterocycles. The Labute approximate surface area is 39.4 Å². The van der Waals surface area contributed by atoms with Crippen LogP contribution in [0.15, 0.2) is 12.4 Å². The van der Waals surface area contributed by atoms with Crippen LogP contribution >= 0.6 is 0 Å². The maximum atomic E-state index is 9.33. The van der Waals surface area contributed by atoms with Gasteiger partial charge in [-0.3, -0.25) is 20.8 Å². The minimum absolute atomic E-state index is 0.583. The van der Waals surface area contributed by atoms with Crippen molar-refractivity contribution in [3.8, 4) is 0 Å². The van der Waals surface area contributed by atoms with Gasteiger partial charge >= 0.3 is 0 Å². The van der Waals surface area contributed by atoms with E-state index in [1.165, 1.54) is 5.48 Å². The van der Waals surface area contributed by atoms with Crippen LogP contribution in [-0.4, -0.2) is 10.1 Å². The van der Waals surface area contributed by atoms with Crippen LogP contribution in [0.3, 0.4) is 0 Å². The first-order valence-electron chi connectivity index (χ1n) is 1.47. The SMILES string of the molecule is O=[N+]([O-])/C=C\NO. The second-order valence-electron chi connectivity index (χ2n) is 0.730. The Balaban J connectivity index is 3.26. The van der Waals surface area contributed by atoms with Gasteiger partial charge in [0.15, 0.2) is 0 Å². The van der Waals surface area contributed by atoms with Gasteiger partial charge in [-0.1, -0.05) is 0 Å². The van der Waals surface area contributed by atoms with Gasteiger partial charge in [0.1, 0.15) is 0 Å². The van der Waals surface area contributed by atoms with Gasteiger partial charge in [0, 0.05) is 0 Å². The topological polar surface area (TPSA) is 75.4 Å². The number of nitro groups is 1. The van der Waals surface area contributed by atoms with Gasteiger partial charge in [-0.05, 0) is 0 Å². The summed E-state index contributed by atoms with van der Waals surface area (Å²) in [5, 5.41) is 17.0. The summed E-state index contributed by atoms with van der Waals surface area (Å²) in [5.74, 6) is 0. The summed E-state index contributed by atoms with van der Waals surface area (Å²) in [4.78, 5) is 8.63. The molecule has 0 bridgehead atoms. The Morgan fingerprint density at radius 2 is 2.43 bits per heavy atom. The van der Waals surface area contributed by atoms with Crippen LogP contribution < -0.4 is 5.48 Å². The highest BCUT2D eigenvalue weighted by Crippen LogP contribution is 1.64. The van der Waals surface area contributed by atoms with E-state index < -0.39 is 4.92 Å². The molecule has 0 spiro atoms. The van der Waals surface area contributed by atoms with E-state index in [2.05, 4.69) is 0 Å². The molecule has 0 unspecified atom stereocenters. The summed E-state index contributed by atoms with van der Waals surface area (Å²) in [6, 6.07) is 0. The summed E-state index contributed by atoms with van der Waals surface area (Å²) in [6.07, 6.45) is 1.39. The van der Waals surface area contributed by atoms with E-state index in [0.717, 1.165) is 6.20 Å². The Bertz CT molecular complexity index is 88.9. The van der Waals surface area contributed by atoms with Crippen molar-refractivity contribution >= 4 is 0 Å². The fourth-order valence-electron chi connectivity index (χ4n) is 0.0942. The molecule has 2 N–H and O–H groups in total. The highest BCUT2D eigenvalue weighted by atomic mass is 16.6. The fraction of sp³-hybridized carbons (Fsp3) is 0. The standard InChI is InChI=1S/C2H4N2O3/c5-3-1-2-4(6)7/h1-3,5H/b2-1-. The lowest BCUT2D eigenvalue weighted by Gasteiger charge is -1.76. The van der Waals surface area contributed by atoms with Crippen LogP contribution in [-0.2, 0) is 0 Å². The summed E-state index contributed by atoms with van der Waals surface area (Å²) >= 11 is 0. The molecule has 0 aromatic rings. The highest BCUT2D eigenvalue weighted by Gasteiger charge is 1.77. The molecule has 40 valence electrons. The normalized spacial score (nSPS) is 9.29. The maximum absolute atomic E-state index is 9.33. The Morgan fingerprint density at radius 3 is 2.57 bits per heavy atom. The molecule has 0 amide bonds. The molecule has 0 saturated carbocycles. The average molecular weight is 104 g/mol. The van der Waals surface area contributed by atoms with E-state index in [1.54, 1.807) is 0 Å². The van der Waals surface area contributed by atoms with Crippen LogP contribution in [0.2, 0.25) is 0 Å². The zero-order valence-electron chi connectivity index (χ0n) is 3.37. The summed E-state index contributed by atoms with van der Waals surface area (Å²) in [6.45, 7) is 0. The maximum Gasteiger partial charge on any atom is 0.252 e. The predicted octanol–water partition coefficient (Wildman–Crippen LogP) is -0.287. The van der Waals surface area contributed by atoms with Gasteiger partial charge in [-0.2, -0.15) is 0 Å². The first-order chi connectivity index (χ1) is 3.27. The molecule has 5 nitrogen and oxygen atoms in total. The van der Waals surface area contributed by atoms with Crippen molar-refractivity contribution in [2.24, 2.45) is 0 Å². The van der Waals surface area contributed by atoms with Crippen molar-refractivity contribution in [3.05, 3.63) is 22.5 Å². The quantitative estimate of drug-likeness (QED) is 0.373. The number of nitrogens with one attached hydrogen (secondary N) is 1. The largest absolute Gasteiger partial charge is 0.291 e. The Hall–Kier alpha value is -1.10. The highest BCUT2D eigenvalue weighted by molar-refractivity contribution is 4.61. The average Bonchev–Trinajstić information content (AvgIpc) is 1.61. The third-order valence-electron chi connectivity index (χ3n) is 0.271. The number of nitrogens with zero attached hydrogens (tertiary/aromatic N) is 1.